The van der Waals surface area contributed by atoms with E-state index < -0.39 is 0 Å². The van der Waals surface area contributed by atoms with Crippen molar-refractivity contribution in [2.75, 3.05) is 0 Å². The quantitative estimate of drug-likeness (QED) is 0.705. The van der Waals surface area contributed by atoms with Gasteiger partial charge >= 0.3 is 0 Å². The van der Waals surface area contributed by atoms with Crippen LogP contribution in [0.25, 0.3) is 10.9 Å². The van der Waals surface area contributed by atoms with Gasteiger partial charge in [0.05, 0.1) is 10.5 Å². The summed E-state index contributed by atoms with van der Waals surface area (Å²) < 4.78 is 0. The van der Waals surface area contributed by atoms with Crippen LogP contribution >= 0.6 is 11.6 Å². The fraction of sp³-hybridized carbons (Fsp3) is 0.308. The highest BCUT2D eigenvalue weighted by Gasteiger charge is 2.09. The number of benzene rings is 1. The summed E-state index contributed by atoms with van der Waals surface area (Å²) in [5.74, 6) is 0. The lowest BCUT2D eigenvalue weighted by atomic mass is 10.1. The van der Waals surface area contributed by atoms with Gasteiger partial charge in [-0.2, -0.15) is 0 Å². The lowest BCUT2D eigenvalue weighted by molar-refractivity contribution is 1.03. The summed E-state index contributed by atoms with van der Waals surface area (Å²) in [4.78, 5) is 4.67. The number of nitrogens with zero attached hydrogens (tertiary/aromatic N) is 1. The number of pyridine rings is 1. The standard InChI is InChI=1S/C13H14ClN/c1-4-11-9(3)12(14)10-7-5-6-8(2)13(10)15-11/h5-7H,4H2,1-3H3. The molecule has 0 fully saturated rings. The molecule has 0 radical (unpaired) electrons. The van der Waals surface area contributed by atoms with E-state index >= 15 is 0 Å². The van der Waals surface area contributed by atoms with Crippen molar-refractivity contribution < 1.29 is 0 Å². The first-order valence-corrected chi connectivity index (χ1v) is 5.57. The maximum absolute atomic E-state index is 6.34. The minimum absolute atomic E-state index is 0.848. The molecule has 0 aliphatic rings. The zero-order valence-electron chi connectivity index (χ0n) is 9.26. The number of hydrogen-bond donors (Lipinski definition) is 0. The smallest absolute Gasteiger partial charge is 0.0749 e. The molecule has 0 amide bonds. The minimum atomic E-state index is 0.848. The van der Waals surface area contributed by atoms with E-state index in [4.69, 9.17) is 11.6 Å². The monoisotopic (exact) mass is 219 g/mol. The predicted molar refractivity (Wildman–Crippen MR) is 65.6 cm³/mol. The summed E-state index contributed by atoms with van der Waals surface area (Å²) in [6.45, 7) is 6.21. The van der Waals surface area contributed by atoms with Crippen molar-refractivity contribution in [2.45, 2.75) is 27.2 Å². The van der Waals surface area contributed by atoms with Crippen molar-refractivity contribution in [3.05, 3.63) is 40.0 Å². The van der Waals surface area contributed by atoms with Gasteiger partial charge in [0.2, 0.25) is 0 Å². The molecule has 0 saturated carbocycles. The van der Waals surface area contributed by atoms with E-state index in [1.54, 1.807) is 0 Å². The lowest BCUT2D eigenvalue weighted by Crippen LogP contribution is -1.96. The summed E-state index contributed by atoms with van der Waals surface area (Å²) in [5, 5.41) is 1.91. The molecule has 0 bridgehead atoms. The first kappa shape index (κ1) is 10.4. The van der Waals surface area contributed by atoms with Crippen molar-refractivity contribution in [3.63, 3.8) is 0 Å². The van der Waals surface area contributed by atoms with Crippen molar-refractivity contribution in [1.82, 2.24) is 4.98 Å². The Labute approximate surface area is 95.1 Å². The highest BCUT2D eigenvalue weighted by Crippen LogP contribution is 2.29. The highest BCUT2D eigenvalue weighted by molar-refractivity contribution is 6.36. The average Bonchev–Trinajstić information content (AvgIpc) is 2.24. The van der Waals surface area contributed by atoms with Gasteiger partial charge in [-0.1, -0.05) is 36.7 Å². The van der Waals surface area contributed by atoms with E-state index in [2.05, 4.69) is 24.9 Å². The highest BCUT2D eigenvalue weighted by atomic mass is 35.5. The number of aryl methyl sites for hydroxylation is 2. The van der Waals surface area contributed by atoms with E-state index in [0.29, 0.717) is 0 Å². The Hall–Kier alpha value is -1.08. The minimum Gasteiger partial charge on any atom is -0.252 e. The molecule has 0 aliphatic heterocycles. The van der Waals surface area contributed by atoms with Crippen LogP contribution in [0.4, 0.5) is 0 Å². The molecule has 0 saturated heterocycles. The average molecular weight is 220 g/mol. The summed E-state index contributed by atoms with van der Waals surface area (Å²) in [7, 11) is 0. The molecule has 0 aliphatic carbocycles. The normalized spacial score (nSPS) is 10.9. The zero-order valence-corrected chi connectivity index (χ0v) is 10.0. The van der Waals surface area contributed by atoms with Crippen LogP contribution < -0.4 is 0 Å². The molecule has 2 heteroatoms. The van der Waals surface area contributed by atoms with E-state index in [1.165, 1.54) is 5.56 Å². The third kappa shape index (κ3) is 1.61. The van der Waals surface area contributed by atoms with Gasteiger partial charge in [0.25, 0.3) is 0 Å². The molecule has 1 aromatic heterocycles. The fourth-order valence-electron chi connectivity index (χ4n) is 1.88. The molecular weight excluding hydrogens is 206 g/mol. The SMILES string of the molecule is CCc1nc2c(C)cccc2c(Cl)c1C. The third-order valence-corrected chi connectivity index (χ3v) is 3.31. The molecular formula is C13H14ClN. The first-order chi connectivity index (χ1) is 7.15. The van der Waals surface area contributed by atoms with Gasteiger partial charge in [0.1, 0.15) is 0 Å². The van der Waals surface area contributed by atoms with Crippen LogP contribution in [0.1, 0.15) is 23.7 Å². The number of aromatic nitrogens is 1. The third-order valence-electron chi connectivity index (χ3n) is 2.82. The predicted octanol–water partition coefficient (Wildman–Crippen LogP) is 4.07. The van der Waals surface area contributed by atoms with Gasteiger partial charge in [-0.25, -0.2) is 0 Å². The van der Waals surface area contributed by atoms with Gasteiger partial charge in [0.15, 0.2) is 0 Å². The van der Waals surface area contributed by atoms with Crippen LogP contribution in [-0.2, 0) is 6.42 Å². The molecule has 78 valence electrons. The molecule has 2 rings (SSSR count). The van der Waals surface area contributed by atoms with Crippen LogP contribution in [0.2, 0.25) is 5.02 Å². The van der Waals surface area contributed by atoms with E-state index in [0.717, 1.165) is 33.6 Å². The van der Waals surface area contributed by atoms with E-state index in [1.807, 2.05) is 19.1 Å². The zero-order chi connectivity index (χ0) is 11.0. The summed E-state index contributed by atoms with van der Waals surface area (Å²) in [6.07, 6.45) is 0.926. The summed E-state index contributed by atoms with van der Waals surface area (Å²) in [5.41, 5.74) is 4.42. The molecule has 1 nitrogen and oxygen atoms in total. The molecule has 0 spiro atoms. The molecule has 15 heavy (non-hydrogen) atoms. The van der Waals surface area contributed by atoms with Crippen molar-refractivity contribution >= 4 is 22.5 Å². The van der Waals surface area contributed by atoms with Crippen molar-refractivity contribution in [1.29, 1.82) is 0 Å². The number of para-hydroxylation sites is 1. The number of halogens is 1. The Morgan fingerprint density at radius 2 is 2.00 bits per heavy atom. The first-order valence-electron chi connectivity index (χ1n) is 5.19. The molecule has 0 atom stereocenters. The van der Waals surface area contributed by atoms with Crippen LogP contribution in [0.3, 0.4) is 0 Å². The van der Waals surface area contributed by atoms with Crippen LogP contribution in [0.15, 0.2) is 18.2 Å². The van der Waals surface area contributed by atoms with Crippen LogP contribution in [0, 0.1) is 13.8 Å². The van der Waals surface area contributed by atoms with Gasteiger partial charge < -0.3 is 0 Å². The van der Waals surface area contributed by atoms with Gasteiger partial charge in [0, 0.05) is 11.1 Å². The lowest BCUT2D eigenvalue weighted by Gasteiger charge is -2.10. The van der Waals surface area contributed by atoms with Gasteiger partial charge in [-0.15, -0.1) is 0 Å². The Bertz CT molecular complexity index is 517. The number of hydrogen-bond acceptors (Lipinski definition) is 1. The maximum Gasteiger partial charge on any atom is 0.0749 e. The Morgan fingerprint density at radius 3 is 2.67 bits per heavy atom. The Morgan fingerprint density at radius 1 is 1.27 bits per heavy atom. The topological polar surface area (TPSA) is 12.9 Å². The fourth-order valence-corrected chi connectivity index (χ4v) is 2.14. The van der Waals surface area contributed by atoms with Crippen molar-refractivity contribution in [3.8, 4) is 0 Å². The second-order valence-corrected chi connectivity index (χ2v) is 4.20. The molecule has 0 unspecified atom stereocenters. The summed E-state index contributed by atoms with van der Waals surface area (Å²) in [6, 6.07) is 6.13. The van der Waals surface area contributed by atoms with E-state index in [-0.39, 0.29) is 0 Å². The van der Waals surface area contributed by atoms with Crippen molar-refractivity contribution in [2.24, 2.45) is 0 Å². The molecule has 0 N–H and O–H groups in total. The van der Waals surface area contributed by atoms with Crippen LogP contribution in [0.5, 0.6) is 0 Å². The molecule has 1 heterocycles. The summed E-state index contributed by atoms with van der Waals surface area (Å²) >= 11 is 6.34. The Balaban J connectivity index is 2.91. The largest absolute Gasteiger partial charge is 0.252 e. The van der Waals surface area contributed by atoms with Gasteiger partial charge in [-0.05, 0) is 31.4 Å². The molecule has 2 aromatic rings. The van der Waals surface area contributed by atoms with Crippen LogP contribution in [-0.4, -0.2) is 4.98 Å². The Kier molecular flexibility index (Phi) is 2.66. The van der Waals surface area contributed by atoms with E-state index in [9.17, 15) is 0 Å². The van der Waals surface area contributed by atoms with Gasteiger partial charge in [-0.3, -0.25) is 4.98 Å². The second kappa shape index (κ2) is 3.82. The molecule has 1 aromatic carbocycles. The second-order valence-electron chi connectivity index (χ2n) is 3.82. The number of fused-ring (bicyclic) bond motifs is 1. The maximum atomic E-state index is 6.34. The number of rotatable bonds is 1.